The maximum Gasteiger partial charge on any atom is 0.248 e. The molecule has 2 aromatic rings. The molecule has 0 unspecified atom stereocenters. The van der Waals surface area contributed by atoms with Gasteiger partial charge in [-0.15, -0.1) is 0 Å². The lowest BCUT2D eigenvalue weighted by Gasteiger charge is -2.22. The smallest absolute Gasteiger partial charge is 0.248 e. The molecule has 0 spiro atoms. The highest BCUT2D eigenvalue weighted by atomic mass is 16.2. The molecule has 0 saturated heterocycles. The SMILES string of the molecule is CC(C)(C)c1cc(=O)[nH]c2cc(NC(=O)C3CCCCC3)ccc12. The molecule has 1 saturated carbocycles. The Bertz CT molecular complexity index is 808. The predicted octanol–water partition coefficient (Wildman–Crippen LogP) is 4.34. The molecule has 128 valence electrons. The third-order valence-corrected chi connectivity index (χ3v) is 4.89. The zero-order chi connectivity index (χ0) is 17.3. The van der Waals surface area contributed by atoms with Crippen molar-refractivity contribution in [2.24, 2.45) is 5.92 Å². The largest absolute Gasteiger partial charge is 0.326 e. The molecule has 1 aliphatic rings. The van der Waals surface area contributed by atoms with Crippen LogP contribution in [0.1, 0.15) is 58.4 Å². The number of benzene rings is 1. The number of nitrogens with one attached hydrogen (secondary N) is 2. The van der Waals surface area contributed by atoms with E-state index < -0.39 is 0 Å². The average Bonchev–Trinajstić information content (AvgIpc) is 2.53. The molecular weight excluding hydrogens is 300 g/mol. The fourth-order valence-corrected chi connectivity index (χ4v) is 3.57. The summed E-state index contributed by atoms with van der Waals surface area (Å²) < 4.78 is 0. The first-order chi connectivity index (χ1) is 11.3. The molecule has 24 heavy (non-hydrogen) atoms. The number of fused-ring (bicyclic) bond motifs is 1. The Hall–Kier alpha value is -2.10. The minimum atomic E-state index is -0.112. The number of hydrogen-bond donors (Lipinski definition) is 2. The van der Waals surface area contributed by atoms with E-state index in [1.807, 2.05) is 18.2 Å². The number of anilines is 1. The Kier molecular flexibility index (Phi) is 4.48. The van der Waals surface area contributed by atoms with E-state index in [0.717, 1.165) is 47.8 Å². The van der Waals surface area contributed by atoms with Crippen molar-refractivity contribution in [2.45, 2.75) is 58.3 Å². The van der Waals surface area contributed by atoms with E-state index in [9.17, 15) is 9.59 Å². The fourth-order valence-electron chi connectivity index (χ4n) is 3.57. The number of carbonyl (C=O) groups is 1. The summed E-state index contributed by atoms with van der Waals surface area (Å²) in [4.78, 5) is 27.3. The minimum Gasteiger partial charge on any atom is -0.326 e. The number of aromatic amines is 1. The highest BCUT2D eigenvalue weighted by Gasteiger charge is 2.22. The number of amides is 1. The van der Waals surface area contributed by atoms with Gasteiger partial charge in [-0.1, -0.05) is 46.1 Å². The Labute approximate surface area is 142 Å². The van der Waals surface area contributed by atoms with Gasteiger partial charge < -0.3 is 10.3 Å². The van der Waals surface area contributed by atoms with Crippen molar-refractivity contribution in [2.75, 3.05) is 5.32 Å². The predicted molar refractivity (Wildman–Crippen MR) is 98.5 cm³/mol. The van der Waals surface area contributed by atoms with Gasteiger partial charge in [0.25, 0.3) is 0 Å². The number of rotatable bonds is 2. The van der Waals surface area contributed by atoms with Gasteiger partial charge in [0.2, 0.25) is 11.5 Å². The van der Waals surface area contributed by atoms with Crippen LogP contribution in [0.4, 0.5) is 5.69 Å². The molecule has 0 atom stereocenters. The van der Waals surface area contributed by atoms with Gasteiger partial charge in [-0.3, -0.25) is 9.59 Å². The molecule has 1 aromatic heterocycles. The number of hydrogen-bond acceptors (Lipinski definition) is 2. The fraction of sp³-hybridized carbons (Fsp3) is 0.500. The van der Waals surface area contributed by atoms with Crippen LogP contribution in [-0.4, -0.2) is 10.9 Å². The van der Waals surface area contributed by atoms with Crippen LogP contribution < -0.4 is 10.9 Å². The van der Waals surface area contributed by atoms with E-state index in [1.54, 1.807) is 6.07 Å². The topological polar surface area (TPSA) is 62.0 Å². The van der Waals surface area contributed by atoms with Crippen LogP contribution in [0, 0.1) is 5.92 Å². The first-order valence-corrected chi connectivity index (χ1v) is 8.83. The summed E-state index contributed by atoms with van der Waals surface area (Å²) >= 11 is 0. The molecule has 0 aliphatic heterocycles. The monoisotopic (exact) mass is 326 g/mol. The van der Waals surface area contributed by atoms with Crippen LogP contribution >= 0.6 is 0 Å². The van der Waals surface area contributed by atoms with E-state index in [-0.39, 0.29) is 22.8 Å². The van der Waals surface area contributed by atoms with E-state index in [0.29, 0.717) is 0 Å². The lowest BCUT2D eigenvalue weighted by atomic mass is 9.85. The van der Waals surface area contributed by atoms with Crippen molar-refractivity contribution >= 4 is 22.5 Å². The average molecular weight is 326 g/mol. The van der Waals surface area contributed by atoms with Gasteiger partial charge in [-0.2, -0.15) is 0 Å². The zero-order valence-electron chi connectivity index (χ0n) is 14.7. The van der Waals surface area contributed by atoms with Crippen molar-refractivity contribution in [1.82, 2.24) is 4.98 Å². The molecule has 1 aromatic carbocycles. The van der Waals surface area contributed by atoms with E-state index in [2.05, 4.69) is 31.1 Å². The number of H-pyrrole nitrogens is 1. The van der Waals surface area contributed by atoms with Gasteiger partial charge in [0.1, 0.15) is 0 Å². The lowest BCUT2D eigenvalue weighted by molar-refractivity contribution is -0.120. The third-order valence-electron chi connectivity index (χ3n) is 4.89. The third kappa shape index (κ3) is 3.53. The van der Waals surface area contributed by atoms with Gasteiger partial charge in [0.05, 0.1) is 5.52 Å². The quantitative estimate of drug-likeness (QED) is 0.862. The molecule has 1 fully saturated rings. The first-order valence-electron chi connectivity index (χ1n) is 8.83. The molecule has 1 amide bonds. The van der Waals surface area contributed by atoms with Crippen LogP contribution in [0.2, 0.25) is 0 Å². The minimum absolute atomic E-state index is 0.100. The summed E-state index contributed by atoms with van der Waals surface area (Å²) in [6.07, 6.45) is 5.46. The highest BCUT2D eigenvalue weighted by Crippen LogP contribution is 2.30. The number of carbonyl (C=O) groups excluding carboxylic acids is 1. The molecule has 1 heterocycles. The molecule has 4 nitrogen and oxygen atoms in total. The highest BCUT2D eigenvalue weighted by molar-refractivity contribution is 5.95. The number of aromatic nitrogens is 1. The lowest BCUT2D eigenvalue weighted by Crippen LogP contribution is -2.24. The second-order valence-electron chi connectivity index (χ2n) is 7.88. The van der Waals surface area contributed by atoms with Gasteiger partial charge >= 0.3 is 0 Å². The molecule has 0 bridgehead atoms. The van der Waals surface area contributed by atoms with Crippen molar-refractivity contribution in [3.63, 3.8) is 0 Å². The molecule has 1 aliphatic carbocycles. The maximum atomic E-state index is 12.4. The van der Waals surface area contributed by atoms with Crippen molar-refractivity contribution in [3.8, 4) is 0 Å². The van der Waals surface area contributed by atoms with E-state index in [1.165, 1.54) is 6.42 Å². The molecule has 2 N–H and O–H groups in total. The Morgan fingerprint density at radius 3 is 2.50 bits per heavy atom. The Morgan fingerprint density at radius 1 is 1.12 bits per heavy atom. The summed E-state index contributed by atoms with van der Waals surface area (Å²) in [7, 11) is 0. The summed E-state index contributed by atoms with van der Waals surface area (Å²) in [5.41, 5.74) is 2.32. The summed E-state index contributed by atoms with van der Waals surface area (Å²) in [5.74, 6) is 0.220. The van der Waals surface area contributed by atoms with Crippen molar-refractivity contribution in [3.05, 3.63) is 40.2 Å². The van der Waals surface area contributed by atoms with Gasteiger partial charge in [-0.05, 0) is 36.0 Å². The van der Waals surface area contributed by atoms with Gasteiger partial charge in [0.15, 0.2) is 0 Å². The Balaban J connectivity index is 1.91. The molecule has 4 heteroatoms. The second kappa shape index (κ2) is 6.42. The normalized spacial score (nSPS) is 16.3. The first kappa shape index (κ1) is 16.7. The zero-order valence-corrected chi connectivity index (χ0v) is 14.7. The maximum absolute atomic E-state index is 12.4. The van der Waals surface area contributed by atoms with Crippen LogP contribution in [0.25, 0.3) is 10.9 Å². The molecule has 0 radical (unpaired) electrons. The van der Waals surface area contributed by atoms with E-state index >= 15 is 0 Å². The summed E-state index contributed by atoms with van der Waals surface area (Å²) in [6.45, 7) is 6.29. The van der Waals surface area contributed by atoms with E-state index in [4.69, 9.17) is 0 Å². The standard InChI is InChI=1S/C20H26N2O2/c1-20(2,3)16-12-18(23)22-17-11-14(9-10-15(16)17)21-19(24)13-7-5-4-6-8-13/h9-13H,4-8H2,1-3H3,(H,21,24)(H,22,23). The van der Waals surface area contributed by atoms with Crippen LogP contribution in [0.3, 0.4) is 0 Å². The second-order valence-corrected chi connectivity index (χ2v) is 7.88. The number of pyridine rings is 1. The van der Waals surface area contributed by atoms with Crippen LogP contribution in [-0.2, 0) is 10.2 Å². The van der Waals surface area contributed by atoms with Gasteiger partial charge in [-0.25, -0.2) is 0 Å². The Morgan fingerprint density at radius 2 is 1.83 bits per heavy atom. The molecular formula is C20H26N2O2. The van der Waals surface area contributed by atoms with Crippen molar-refractivity contribution in [1.29, 1.82) is 0 Å². The molecule has 3 rings (SSSR count). The summed E-state index contributed by atoms with van der Waals surface area (Å²) in [6, 6.07) is 7.45. The van der Waals surface area contributed by atoms with Gasteiger partial charge in [0, 0.05) is 23.1 Å². The van der Waals surface area contributed by atoms with Crippen LogP contribution in [0.15, 0.2) is 29.1 Å². The van der Waals surface area contributed by atoms with Crippen LogP contribution in [0.5, 0.6) is 0 Å². The van der Waals surface area contributed by atoms with Crippen molar-refractivity contribution < 1.29 is 4.79 Å². The summed E-state index contributed by atoms with van der Waals surface area (Å²) in [5, 5.41) is 4.05.